The van der Waals surface area contributed by atoms with Crippen molar-refractivity contribution in [3.8, 4) is 0 Å². The lowest BCUT2D eigenvalue weighted by Crippen LogP contribution is -2.09. The molecule has 0 aliphatic carbocycles. The van der Waals surface area contributed by atoms with Crippen LogP contribution in [0.5, 0.6) is 0 Å². The Kier molecular flexibility index (Phi) is 3.89. The Morgan fingerprint density at radius 2 is 2.22 bits per heavy atom. The van der Waals surface area contributed by atoms with Crippen LogP contribution in [0.25, 0.3) is 0 Å². The third-order valence-corrected chi connectivity index (χ3v) is 3.75. The van der Waals surface area contributed by atoms with Crippen LogP contribution < -0.4 is 11.1 Å². The highest BCUT2D eigenvalue weighted by atomic mass is 35.5. The first-order valence-corrected chi connectivity index (χ1v) is 6.69. The maximum Gasteiger partial charge on any atom is 0.249 e. The van der Waals surface area contributed by atoms with Crippen LogP contribution in [0.4, 0.5) is 5.69 Å². The summed E-state index contributed by atoms with van der Waals surface area (Å²) in [5.74, 6) is -0.389. The standard InChI is InChI=1S/C13H13ClN2OS/c1-8-4-10(14)2-3-12(8)16-6-11-5-9(7-18-11)13(15)17/h2-5,7,16H,6H2,1H3,(H2,15,17). The average Bonchev–Trinajstić information content (AvgIpc) is 2.76. The third kappa shape index (κ3) is 3.03. The Balaban J connectivity index is 2.04. The summed E-state index contributed by atoms with van der Waals surface area (Å²) in [5.41, 5.74) is 7.90. The summed E-state index contributed by atoms with van der Waals surface area (Å²) in [6, 6.07) is 7.51. The number of benzene rings is 1. The van der Waals surface area contributed by atoms with Gasteiger partial charge in [0.1, 0.15) is 0 Å². The number of primary amides is 1. The Hall–Kier alpha value is -1.52. The minimum Gasteiger partial charge on any atom is -0.380 e. The molecule has 3 nitrogen and oxygen atoms in total. The summed E-state index contributed by atoms with van der Waals surface area (Å²) in [6.45, 7) is 2.66. The molecule has 1 heterocycles. The van der Waals surface area contributed by atoms with E-state index in [4.69, 9.17) is 17.3 Å². The number of halogens is 1. The van der Waals surface area contributed by atoms with E-state index in [9.17, 15) is 4.79 Å². The molecule has 0 aliphatic rings. The van der Waals surface area contributed by atoms with Gasteiger partial charge in [0.2, 0.25) is 5.91 Å². The summed E-state index contributed by atoms with van der Waals surface area (Å²) < 4.78 is 0. The lowest BCUT2D eigenvalue weighted by molar-refractivity contribution is 0.100. The zero-order chi connectivity index (χ0) is 13.1. The van der Waals surface area contributed by atoms with Crippen molar-refractivity contribution < 1.29 is 4.79 Å². The van der Waals surface area contributed by atoms with Gasteiger partial charge in [-0.25, -0.2) is 0 Å². The molecule has 0 aliphatic heterocycles. The molecule has 0 fully saturated rings. The SMILES string of the molecule is Cc1cc(Cl)ccc1NCc1cc(C(N)=O)cs1. The van der Waals surface area contributed by atoms with E-state index in [1.54, 1.807) is 5.38 Å². The minimum absolute atomic E-state index is 0.389. The van der Waals surface area contributed by atoms with E-state index >= 15 is 0 Å². The molecule has 5 heteroatoms. The Bertz CT molecular complexity index is 580. The van der Waals surface area contributed by atoms with E-state index in [-0.39, 0.29) is 5.91 Å². The van der Waals surface area contributed by atoms with Crippen LogP contribution in [0.3, 0.4) is 0 Å². The molecule has 0 saturated heterocycles. The largest absolute Gasteiger partial charge is 0.380 e. The van der Waals surface area contributed by atoms with Crippen LogP contribution in [-0.4, -0.2) is 5.91 Å². The van der Waals surface area contributed by atoms with Gasteiger partial charge in [0.25, 0.3) is 0 Å². The first-order chi connectivity index (χ1) is 8.56. The van der Waals surface area contributed by atoms with Crippen LogP contribution in [0.1, 0.15) is 20.8 Å². The smallest absolute Gasteiger partial charge is 0.249 e. The van der Waals surface area contributed by atoms with Gasteiger partial charge < -0.3 is 11.1 Å². The number of carbonyl (C=O) groups excluding carboxylic acids is 1. The summed E-state index contributed by atoms with van der Waals surface area (Å²) in [7, 11) is 0. The van der Waals surface area contributed by atoms with Crippen molar-refractivity contribution in [2.24, 2.45) is 5.73 Å². The van der Waals surface area contributed by atoms with Crippen LogP contribution in [0.15, 0.2) is 29.6 Å². The van der Waals surface area contributed by atoms with Crippen molar-refractivity contribution in [3.05, 3.63) is 50.7 Å². The second kappa shape index (κ2) is 5.42. The van der Waals surface area contributed by atoms with E-state index in [2.05, 4.69) is 5.32 Å². The topological polar surface area (TPSA) is 55.1 Å². The maximum absolute atomic E-state index is 11.0. The fraction of sp³-hybridized carbons (Fsp3) is 0.154. The van der Waals surface area contributed by atoms with E-state index in [1.807, 2.05) is 31.2 Å². The number of thiophene rings is 1. The second-order valence-electron chi connectivity index (χ2n) is 3.98. The van der Waals surface area contributed by atoms with Gasteiger partial charge in [-0.2, -0.15) is 0 Å². The van der Waals surface area contributed by atoms with Crippen LogP contribution in [-0.2, 0) is 6.54 Å². The lowest BCUT2D eigenvalue weighted by Gasteiger charge is -2.08. The third-order valence-electron chi connectivity index (χ3n) is 2.58. The molecule has 0 unspecified atom stereocenters. The summed E-state index contributed by atoms with van der Waals surface area (Å²) >= 11 is 7.41. The summed E-state index contributed by atoms with van der Waals surface area (Å²) in [5, 5.41) is 5.81. The van der Waals surface area contributed by atoms with Gasteiger partial charge in [0, 0.05) is 27.5 Å². The van der Waals surface area contributed by atoms with Crippen LogP contribution in [0, 0.1) is 6.92 Å². The lowest BCUT2D eigenvalue weighted by atomic mass is 10.2. The van der Waals surface area contributed by atoms with Crippen LogP contribution in [0.2, 0.25) is 5.02 Å². The molecule has 0 atom stereocenters. The molecular formula is C13H13ClN2OS. The number of anilines is 1. The Morgan fingerprint density at radius 1 is 1.44 bits per heavy atom. The van der Waals surface area contributed by atoms with Gasteiger partial charge in [-0.3, -0.25) is 4.79 Å². The molecule has 18 heavy (non-hydrogen) atoms. The molecule has 0 radical (unpaired) electrons. The zero-order valence-corrected chi connectivity index (χ0v) is 11.4. The molecule has 0 spiro atoms. The summed E-state index contributed by atoms with van der Waals surface area (Å²) in [6.07, 6.45) is 0. The zero-order valence-electron chi connectivity index (χ0n) is 9.87. The molecule has 1 aromatic carbocycles. The summed E-state index contributed by atoms with van der Waals surface area (Å²) in [4.78, 5) is 12.0. The molecule has 0 saturated carbocycles. The van der Waals surface area contributed by atoms with E-state index in [1.165, 1.54) is 11.3 Å². The first kappa shape index (κ1) is 12.9. The maximum atomic E-state index is 11.0. The molecule has 2 aromatic rings. The number of aryl methyl sites for hydroxylation is 1. The highest BCUT2D eigenvalue weighted by Gasteiger charge is 2.05. The number of nitrogens with one attached hydrogen (secondary N) is 1. The van der Waals surface area contributed by atoms with Crippen molar-refractivity contribution in [3.63, 3.8) is 0 Å². The van der Waals surface area contributed by atoms with E-state index in [0.29, 0.717) is 12.1 Å². The van der Waals surface area contributed by atoms with E-state index < -0.39 is 0 Å². The quantitative estimate of drug-likeness (QED) is 0.902. The first-order valence-electron chi connectivity index (χ1n) is 5.43. The normalized spacial score (nSPS) is 10.3. The van der Waals surface area contributed by atoms with Gasteiger partial charge in [0.05, 0.1) is 5.56 Å². The average molecular weight is 281 g/mol. The fourth-order valence-electron chi connectivity index (χ4n) is 1.61. The Morgan fingerprint density at radius 3 is 2.83 bits per heavy atom. The number of hydrogen-bond acceptors (Lipinski definition) is 3. The predicted molar refractivity (Wildman–Crippen MR) is 76.4 cm³/mol. The predicted octanol–water partition coefficient (Wildman–Crippen LogP) is 3.42. The van der Waals surface area contributed by atoms with E-state index in [0.717, 1.165) is 21.2 Å². The van der Waals surface area contributed by atoms with Gasteiger partial charge >= 0.3 is 0 Å². The molecular weight excluding hydrogens is 268 g/mol. The Labute approximate surface area is 115 Å². The van der Waals surface area contributed by atoms with Crippen molar-refractivity contribution in [1.82, 2.24) is 0 Å². The molecule has 3 N–H and O–H groups in total. The number of amides is 1. The second-order valence-corrected chi connectivity index (χ2v) is 5.41. The van der Waals surface area contributed by atoms with Gasteiger partial charge in [-0.1, -0.05) is 11.6 Å². The van der Waals surface area contributed by atoms with Crippen molar-refractivity contribution >= 4 is 34.5 Å². The van der Waals surface area contributed by atoms with Crippen molar-refractivity contribution in [1.29, 1.82) is 0 Å². The van der Waals surface area contributed by atoms with Gasteiger partial charge in [0.15, 0.2) is 0 Å². The highest BCUT2D eigenvalue weighted by molar-refractivity contribution is 7.10. The number of hydrogen-bond donors (Lipinski definition) is 2. The van der Waals surface area contributed by atoms with Crippen molar-refractivity contribution in [2.75, 3.05) is 5.32 Å². The molecule has 0 bridgehead atoms. The highest BCUT2D eigenvalue weighted by Crippen LogP contribution is 2.21. The van der Waals surface area contributed by atoms with Crippen molar-refractivity contribution in [2.45, 2.75) is 13.5 Å². The number of carbonyl (C=O) groups is 1. The molecule has 2 rings (SSSR count). The monoisotopic (exact) mass is 280 g/mol. The minimum atomic E-state index is -0.389. The molecule has 1 amide bonds. The number of nitrogens with two attached hydrogens (primary N) is 1. The molecule has 1 aromatic heterocycles. The fourth-order valence-corrected chi connectivity index (χ4v) is 2.65. The van der Waals surface area contributed by atoms with Gasteiger partial charge in [-0.15, -0.1) is 11.3 Å². The van der Waals surface area contributed by atoms with Crippen LogP contribution >= 0.6 is 22.9 Å². The number of rotatable bonds is 4. The molecule has 94 valence electrons. The van der Waals surface area contributed by atoms with Gasteiger partial charge in [-0.05, 0) is 36.8 Å².